The van der Waals surface area contributed by atoms with Crippen LogP contribution in [0, 0.1) is 12.3 Å². The van der Waals surface area contributed by atoms with Crippen molar-refractivity contribution >= 4 is 23.5 Å². The van der Waals surface area contributed by atoms with Gasteiger partial charge in [0.15, 0.2) is 0 Å². The zero-order chi connectivity index (χ0) is 18.4. The summed E-state index contributed by atoms with van der Waals surface area (Å²) in [4.78, 5) is 17.4. The van der Waals surface area contributed by atoms with E-state index < -0.39 is 0 Å². The molecule has 1 heterocycles. The molecular formula is C20H31N3OS. The van der Waals surface area contributed by atoms with Crippen LogP contribution in [0.25, 0.3) is 0 Å². The Hall–Kier alpha value is -1.33. The summed E-state index contributed by atoms with van der Waals surface area (Å²) in [6.45, 7) is 10.2. The molecule has 0 radical (unpaired) electrons. The number of nitrogens with two attached hydrogens (primary N) is 1. The molecular weight excluding hydrogens is 330 g/mol. The molecule has 1 aromatic rings. The number of nitrogens with zero attached hydrogens (tertiary/aromatic N) is 1. The third kappa shape index (κ3) is 5.86. The van der Waals surface area contributed by atoms with Gasteiger partial charge in [-0.3, -0.25) is 4.79 Å². The predicted octanol–water partition coefficient (Wildman–Crippen LogP) is 3.49. The summed E-state index contributed by atoms with van der Waals surface area (Å²) >= 11 is 1.88. The van der Waals surface area contributed by atoms with Crippen molar-refractivity contribution < 1.29 is 4.79 Å². The van der Waals surface area contributed by atoms with Gasteiger partial charge in [0.05, 0.1) is 0 Å². The van der Waals surface area contributed by atoms with Crippen molar-refractivity contribution in [3.63, 3.8) is 0 Å². The van der Waals surface area contributed by atoms with Crippen LogP contribution >= 0.6 is 11.8 Å². The molecule has 0 aliphatic carbocycles. The number of nitrogens with one attached hydrogen (secondary N) is 1. The SMILES string of the molecule is Cc1ccc2c(c1SCCCC(=O)N=C(N)C(C)(C)C)CCNCC2. The highest BCUT2D eigenvalue weighted by Crippen LogP contribution is 2.31. The quantitative estimate of drug-likeness (QED) is 0.365. The smallest absolute Gasteiger partial charge is 0.247 e. The summed E-state index contributed by atoms with van der Waals surface area (Å²) in [5.74, 6) is 1.24. The van der Waals surface area contributed by atoms with Gasteiger partial charge in [-0.2, -0.15) is 0 Å². The summed E-state index contributed by atoms with van der Waals surface area (Å²) in [7, 11) is 0. The van der Waals surface area contributed by atoms with Gasteiger partial charge in [0, 0.05) is 16.7 Å². The molecule has 138 valence electrons. The number of aryl methyl sites for hydroxylation is 1. The van der Waals surface area contributed by atoms with Gasteiger partial charge >= 0.3 is 0 Å². The molecule has 0 aromatic heterocycles. The fourth-order valence-electron chi connectivity index (χ4n) is 2.81. The van der Waals surface area contributed by atoms with E-state index in [4.69, 9.17) is 5.73 Å². The van der Waals surface area contributed by atoms with E-state index in [-0.39, 0.29) is 11.3 Å². The number of hydrogen-bond donors (Lipinski definition) is 2. The Morgan fingerprint density at radius 3 is 2.72 bits per heavy atom. The van der Waals surface area contributed by atoms with E-state index in [1.807, 2.05) is 32.5 Å². The van der Waals surface area contributed by atoms with Crippen LogP contribution in [-0.4, -0.2) is 30.6 Å². The molecule has 25 heavy (non-hydrogen) atoms. The van der Waals surface area contributed by atoms with Crippen LogP contribution < -0.4 is 11.1 Å². The zero-order valence-electron chi connectivity index (χ0n) is 15.9. The highest BCUT2D eigenvalue weighted by atomic mass is 32.2. The second-order valence-corrected chi connectivity index (χ2v) is 8.80. The van der Waals surface area contributed by atoms with Crippen molar-refractivity contribution in [2.24, 2.45) is 16.1 Å². The van der Waals surface area contributed by atoms with Crippen molar-refractivity contribution in [3.05, 3.63) is 28.8 Å². The van der Waals surface area contributed by atoms with Crippen molar-refractivity contribution in [2.45, 2.75) is 58.3 Å². The van der Waals surface area contributed by atoms with Crippen LogP contribution in [0.2, 0.25) is 0 Å². The van der Waals surface area contributed by atoms with E-state index in [1.165, 1.54) is 21.6 Å². The lowest BCUT2D eigenvalue weighted by Gasteiger charge is -2.16. The van der Waals surface area contributed by atoms with Crippen molar-refractivity contribution in [2.75, 3.05) is 18.8 Å². The Bertz CT molecular complexity index is 647. The molecule has 0 fully saturated rings. The first-order valence-corrected chi connectivity index (χ1v) is 10.1. The molecule has 0 saturated heterocycles. The van der Waals surface area contributed by atoms with Gasteiger partial charge in [0.2, 0.25) is 5.91 Å². The molecule has 5 heteroatoms. The largest absolute Gasteiger partial charge is 0.387 e. The van der Waals surface area contributed by atoms with E-state index in [9.17, 15) is 4.79 Å². The average molecular weight is 362 g/mol. The molecule has 0 unspecified atom stereocenters. The third-order valence-electron chi connectivity index (χ3n) is 4.47. The van der Waals surface area contributed by atoms with Gasteiger partial charge < -0.3 is 11.1 Å². The topological polar surface area (TPSA) is 67.5 Å². The van der Waals surface area contributed by atoms with E-state index in [1.54, 1.807) is 0 Å². The Kier molecular flexibility index (Phi) is 7.08. The number of rotatable bonds is 5. The molecule has 1 amide bonds. The molecule has 0 spiro atoms. The fraction of sp³-hybridized carbons (Fsp3) is 0.600. The number of benzene rings is 1. The number of thioether (sulfide) groups is 1. The maximum atomic E-state index is 12.0. The molecule has 4 nitrogen and oxygen atoms in total. The van der Waals surface area contributed by atoms with Crippen molar-refractivity contribution in [3.8, 4) is 0 Å². The first-order chi connectivity index (χ1) is 11.8. The van der Waals surface area contributed by atoms with E-state index in [0.29, 0.717) is 12.3 Å². The van der Waals surface area contributed by atoms with Gasteiger partial charge in [0.1, 0.15) is 5.84 Å². The van der Waals surface area contributed by atoms with Crippen LogP contribution in [0.4, 0.5) is 0 Å². The number of amides is 1. The molecule has 1 aliphatic heterocycles. The lowest BCUT2D eigenvalue weighted by molar-refractivity contribution is -0.117. The first-order valence-electron chi connectivity index (χ1n) is 9.11. The average Bonchev–Trinajstić information content (AvgIpc) is 2.77. The Labute approximate surface area is 156 Å². The minimum Gasteiger partial charge on any atom is -0.387 e. The molecule has 1 aliphatic rings. The van der Waals surface area contributed by atoms with Crippen molar-refractivity contribution in [1.82, 2.24) is 5.32 Å². The van der Waals surface area contributed by atoms with E-state index in [0.717, 1.165) is 38.1 Å². The Morgan fingerprint density at radius 1 is 1.28 bits per heavy atom. The predicted molar refractivity (Wildman–Crippen MR) is 107 cm³/mol. The van der Waals surface area contributed by atoms with Crippen LogP contribution in [0.5, 0.6) is 0 Å². The van der Waals surface area contributed by atoms with Gasteiger partial charge in [-0.05, 0) is 61.7 Å². The summed E-state index contributed by atoms with van der Waals surface area (Å²) in [5, 5.41) is 3.47. The third-order valence-corrected chi connectivity index (χ3v) is 5.82. The van der Waals surface area contributed by atoms with Crippen LogP contribution in [-0.2, 0) is 17.6 Å². The summed E-state index contributed by atoms with van der Waals surface area (Å²) in [6, 6.07) is 4.50. The number of amidine groups is 1. The molecule has 0 saturated carbocycles. The maximum absolute atomic E-state index is 12.0. The lowest BCUT2D eigenvalue weighted by atomic mass is 9.95. The lowest BCUT2D eigenvalue weighted by Crippen LogP contribution is -2.29. The maximum Gasteiger partial charge on any atom is 0.247 e. The van der Waals surface area contributed by atoms with Crippen LogP contribution in [0.1, 0.15) is 50.3 Å². The number of carbonyl (C=O) groups is 1. The molecule has 2 rings (SSSR count). The minimum absolute atomic E-state index is 0.110. The summed E-state index contributed by atoms with van der Waals surface area (Å²) < 4.78 is 0. The normalized spacial score (nSPS) is 15.6. The highest BCUT2D eigenvalue weighted by molar-refractivity contribution is 7.99. The second kappa shape index (κ2) is 8.86. The molecule has 0 bridgehead atoms. The van der Waals surface area contributed by atoms with Crippen LogP contribution in [0.15, 0.2) is 22.0 Å². The highest BCUT2D eigenvalue weighted by Gasteiger charge is 2.17. The number of hydrogen-bond acceptors (Lipinski definition) is 3. The number of fused-ring (bicyclic) bond motifs is 1. The van der Waals surface area contributed by atoms with E-state index >= 15 is 0 Å². The zero-order valence-corrected chi connectivity index (χ0v) is 16.8. The molecule has 1 aromatic carbocycles. The second-order valence-electron chi connectivity index (χ2n) is 7.69. The van der Waals surface area contributed by atoms with Gasteiger partial charge in [-0.1, -0.05) is 32.9 Å². The van der Waals surface area contributed by atoms with Crippen molar-refractivity contribution in [1.29, 1.82) is 0 Å². The Morgan fingerprint density at radius 2 is 2.00 bits per heavy atom. The molecule has 3 N–H and O–H groups in total. The monoisotopic (exact) mass is 361 g/mol. The van der Waals surface area contributed by atoms with Crippen LogP contribution in [0.3, 0.4) is 0 Å². The van der Waals surface area contributed by atoms with Gasteiger partial charge in [0.25, 0.3) is 0 Å². The Balaban J connectivity index is 1.91. The minimum atomic E-state index is -0.253. The van der Waals surface area contributed by atoms with Gasteiger partial charge in [-0.25, -0.2) is 4.99 Å². The fourth-order valence-corrected chi connectivity index (χ4v) is 4.01. The number of carbonyl (C=O) groups excluding carboxylic acids is 1. The number of aliphatic imine (C=N–C) groups is 1. The molecule has 0 atom stereocenters. The standard InChI is InChI=1S/C20H31N3OS/c1-14-7-8-15-9-11-22-12-10-16(15)18(14)25-13-5-6-17(24)23-19(21)20(2,3)4/h7-8,22H,5-6,9-13H2,1-4H3,(H2,21,23,24). The van der Waals surface area contributed by atoms with E-state index in [2.05, 4.69) is 29.4 Å². The summed E-state index contributed by atoms with van der Waals surface area (Å²) in [6.07, 6.45) is 3.47. The van der Waals surface area contributed by atoms with Gasteiger partial charge in [-0.15, -0.1) is 11.8 Å². The first kappa shape index (κ1) is 20.0. The summed E-state index contributed by atoms with van der Waals surface area (Å²) in [5.41, 5.74) is 9.93.